The third-order valence-electron chi connectivity index (χ3n) is 3.70. The lowest BCUT2D eigenvalue weighted by molar-refractivity contribution is -0.142. The maximum absolute atomic E-state index is 11.8. The molecule has 4 rings (SSSR count). The van der Waals surface area contributed by atoms with Crippen LogP contribution in [0.5, 0.6) is 0 Å². The van der Waals surface area contributed by atoms with Crippen LogP contribution >= 0.6 is 0 Å². The zero-order chi connectivity index (χ0) is 12.3. The summed E-state index contributed by atoms with van der Waals surface area (Å²) in [7, 11) is 0. The molecule has 5 nitrogen and oxygen atoms in total. The zero-order valence-corrected chi connectivity index (χ0v) is 9.59. The lowest BCUT2D eigenvalue weighted by Gasteiger charge is -2.14. The van der Waals surface area contributed by atoms with E-state index in [9.17, 15) is 9.59 Å². The molecule has 5 heteroatoms. The number of hydrogen-bond acceptors (Lipinski definition) is 3. The van der Waals surface area contributed by atoms with Gasteiger partial charge >= 0.3 is 0 Å². The molecule has 1 aromatic heterocycles. The van der Waals surface area contributed by atoms with Crippen LogP contribution in [0.25, 0.3) is 11.0 Å². The van der Waals surface area contributed by atoms with Gasteiger partial charge in [0.2, 0.25) is 11.8 Å². The summed E-state index contributed by atoms with van der Waals surface area (Å²) >= 11 is 0. The predicted molar refractivity (Wildman–Crippen MR) is 63.2 cm³/mol. The van der Waals surface area contributed by atoms with Crippen LogP contribution in [-0.4, -0.2) is 26.7 Å². The van der Waals surface area contributed by atoms with Gasteiger partial charge in [0.1, 0.15) is 5.82 Å². The zero-order valence-electron chi connectivity index (χ0n) is 9.59. The van der Waals surface area contributed by atoms with Crippen molar-refractivity contribution in [1.29, 1.82) is 0 Å². The normalized spacial score (nSPS) is 25.9. The first-order valence-electron chi connectivity index (χ1n) is 6.03. The molecule has 2 atom stereocenters. The quantitative estimate of drug-likeness (QED) is 0.800. The summed E-state index contributed by atoms with van der Waals surface area (Å²) in [6.07, 6.45) is 0.744. The molecule has 2 unspecified atom stereocenters. The van der Waals surface area contributed by atoms with E-state index >= 15 is 0 Å². The van der Waals surface area contributed by atoms with Crippen LogP contribution in [0.4, 0.5) is 0 Å². The molecule has 0 radical (unpaired) electrons. The molecule has 1 saturated heterocycles. The Balaban J connectivity index is 1.65. The largest absolute Gasteiger partial charge is 0.340 e. The minimum Gasteiger partial charge on any atom is -0.340 e. The molecule has 18 heavy (non-hydrogen) atoms. The Labute approximate surface area is 103 Å². The second-order valence-corrected chi connectivity index (χ2v) is 4.91. The molecule has 2 aliphatic rings. The van der Waals surface area contributed by atoms with E-state index in [1.807, 2.05) is 24.3 Å². The number of carbonyl (C=O) groups excluding carboxylic acids is 2. The minimum atomic E-state index is -0.0399. The van der Waals surface area contributed by atoms with E-state index in [-0.39, 0.29) is 30.2 Å². The number of aromatic amines is 1. The summed E-state index contributed by atoms with van der Waals surface area (Å²) in [5.74, 6) is 0.513. The Morgan fingerprint density at radius 1 is 1.22 bits per heavy atom. The molecule has 1 saturated carbocycles. The van der Waals surface area contributed by atoms with Crippen molar-refractivity contribution in [2.45, 2.75) is 13.0 Å². The van der Waals surface area contributed by atoms with Gasteiger partial charge in [0, 0.05) is 0 Å². The van der Waals surface area contributed by atoms with Gasteiger partial charge in [-0.3, -0.25) is 14.5 Å². The lowest BCUT2D eigenvalue weighted by Crippen LogP contribution is -2.32. The fraction of sp³-hybridized carbons (Fsp3) is 0.308. The molecule has 2 heterocycles. The van der Waals surface area contributed by atoms with Crippen molar-refractivity contribution in [3.63, 3.8) is 0 Å². The standard InChI is InChI=1S/C13H11N3O2/c17-12-7-5-8(7)13(18)16(12)6-11-14-9-3-1-2-4-10(9)15-11/h1-4,7-8H,5-6H2,(H,14,15). The third-order valence-corrected chi connectivity index (χ3v) is 3.70. The van der Waals surface area contributed by atoms with Crippen LogP contribution in [-0.2, 0) is 16.1 Å². The van der Waals surface area contributed by atoms with Crippen LogP contribution in [0.1, 0.15) is 12.2 Å². The number of fused-ring (bicyclic) bond motifs is 2. The summed E-state index contributed by atoms with van der Waals surface area (Å²) in [6.45, 7) is 0.263. The van der Waals surface area contributed by atoms with Crippen LogP contribution in [0.2, 0.25) is 0 Å². The molecule has 2 amide bonds. The van der Waals surface area contributed by atoms with E-state index < -0.39 is 0 Å². The van der Waals surface area contributed by atoms with Gasteiger partial charge < -0.3 is 4.98 Å². The fourth-order valence-corrected chi connectivity index (χ4v) is 2.64. The van der Waals surface area contributed by atoms with Crippen LogP contribution in [0, 0.1) is 11.8 Å². The number of hydrogen-bond donors (Lipinski definition) is 1. The molecule has 90 valence electrons. The highest BCUT2D eigenvalue weighted by molar-refractivity contribution is 6.08. The van der Waals surface area contributed by atoms with E-state index in [0.29, 0.717) is 5.82 Å². The molecule has 2 fully saturated rings. The Morgan fingerprint density at radius 2 is 1.94 bits per heavy atom. The average molecular weight is 241 g/mol. The molecule has 1 N–H and O–H groups in total. The van der Waals surface area contributed by atoms with Crippen molar-refractivity contribution >= 4 is 22.8 Å². The number of H-pyrrole nitrogens is 1. The van der Waals surface area contributed by atoms with Gasteiger partial charge in [-0.1, -0.05) is 12.1 Å². The first-order valence-corrected chi connectivity index (χ1v) is 6.03. The van der Waals surface area contributed by atoms with Crippen LogP contribution < -0.4 is 0 Å². The SMILES string of the molecule is O=C1C2CC2C(=O)N1Cc1nc2ccccc2[nH]1. The third kappa shape index (κ3) is 1.24. The summed E-state index contributed by atoms with van der Waals surface area (Å²) in [4.78, 5) is 32.5. The van der Waals surface area contributed by atoms with Crippen molar-refractivity contribution in [3.8, 4) is 0 Å². The van der Waals surface area contributed by atoms with Gasteiger partial charge in [-0.15, -0.1) is 0 Å². The van der Waals surface area contributed by atoms with Gasteiger partial charge in [-0.2, -0.15) is 0 Å². The number of piperidine rings is 1. The molecular formula is C13H11N3O2. The number of rotatable bonds is 2. The molecule has 1 aliphatic carbocycles. The van der Waals surface area contributed by atoms with Crippen molar-refractivity contribution < 1.29 is 9.59 Å². The Morgan fingerprint density at radius 3 is 2.67 bits per heavy atom. The molecule has 0 spiro atoms. The van der Waals surface area contributed by atoms with E-state index in [1.54, 1.807) is 0 Å². The van der Waals surface area contributed by atoms with Gasteiger partial charge in [0.15, 0.2) is 0 Å². The molecule has 1 aliphatic heterocycles. The highest BCUT2D eigenvalue weighted by atomic mass is 16.2. The number of likely N-dealkylation sites (tertiary alicyclic amines) is 1. The van der Waals surface area contributed by atoms with Gasteiger partial charge in [0.25, 0.3) is 0 Å². The fourth-order valence-electron chi connectivity index (χ4n) is 2.64. The number of imide groups is 1. The molecule has 1 aromatic carbocycles. The Bertz CT molecular complexity index is 623. The second-order valence-electron chi connectivity index (χ2n) is 4.91. The highest BCUT2D eigenvalue weighted by Crippen LogP contribution is 2.47. The number of amides is 2. The first-order chi connectivity index (χ1) is 8.74. The summed E-state index contributed by atoms with van der Waals surface area (Å²) in [5, 5.41) is 0. The predicted octanol–water partition coefficient (Wildman–Crippen LogP) is 1.07. The number of nitrogens with zero attached hydrogens (tertiary/aromatic N) is 2. The van der Waals surface area contributed by atoms with Crippen molar-refractivity contribution in [2.24, 2.45) is 11.8 Å². The number of benzene rings is 1. The van der Waals surface area contributed by atoms with Crippen molar-refractivity contribution in [2.75, 3.05) is 0 Å². The van der Waals surface area contributed by atoms with Crippen LogP contribution in [0.15, 0.2) is 24.3 Å². The van der Waals surface area contributed by atoms with E-state index in [0.717, 1.165) is 17.5 Å². The van der Waals surface area contributed by atoms with Crippen molar-refractivity contribution in [3.05, 3.63) is 30.1 Å². The number of para-hydroxylation sites is 2. The van der Waals surface area contributed by atoms with Gasteiger partial charge in [0.05, 0.1) is 29.4 Å². The number of nitrogens with one attached hydrogen (secondary N) is 1. The summed E-state index contributed by atoms with van der Waals surface area (Å²) < 4.78 is 0. The average Bonchev–Trinajstić information content (AvgIpc) is 3.01. The Hall–Kier alpha value is -2.17. The van der Waals surface area contributed by atoms with E-state index in [4.69, 9.17) is 0 Å². The molecule has 2 aromatic rings. The smallest absolute Gasteiger partial charge is 0.233 e. The van der Waals surface area contributed by atoms with Crippen molar-refractivity contribution in [1.82, 2.24) is 14.9 Å². The second kappa shape index (κ2) is 3.19. The van der Waals surface area contributed by atoms with Crippen LogP contribution in [0.3, 0.4) is 0 Å². The lowest BCUT2D eigenvalue weighted by atomic mass is 10.3. The number of carbonyl (C=O) groups is 2. The van der Waals surface area contributed by atoms with E-state index in [1.165, 1.54) is 4.90 Å². The molecular weight excluding hydrogens is 230 g/mol. The number of aromatic nitrogens is 2. The van der Waals surface area contributed by atoms with E-state index in [2.05, 4.69) is 9.97 Å². The monoisotopic (exact) mass is 241 g/mol. The van der Waals surface area contributed by atoms with Gasteiger partial charge in [-0.25, -0.2) is 4.98 Å². The number of imidazole rings is 1. The maximum Gasteiger partial charge on any atom is 0.233 e. The summed E-state index contributed by atoms with van der Waals surface area (Å²) in [6, 6.07) is 7.66. The van der Waals surface area contributed by atoms with Gasteiger partial charge in [-0.05, 0) is 18.6 Å². The Kier molecular flexibility index (Phi) is 1.74. The topological polar surface area (TPSA) is 66.1 Å². The molecule has 0 bridgehead atoms. The highest BCUT2D eigenvalue weighted by Gasteiger charge is 2.58. The maximum atomic E-state index is 11.8. The first kappa shape index (κ1) is 9.82. The summed E-state index contributed by atoms with van der Waals surface area (Å²) in [5.41, 5.74) is 1.79. The minimum absolute atomic E-state index is 0.0366.